The molecule has 0 bridgehead atoms. The average Bonchev–Trinajstić information content (AvgIpc) is 2.72. The SMILES string of the molecule is CCCC1CN=C(Nc2cc(C)ccc2Cl)S1. The number of hydrogen-bond acceptors (Lipinski definition) is 3. The van der Waals surface area contributed by atoms with Gasteiger partial charge in [-0.1, -0.05) is 42.8 Å². The molecule has 0 saturated heterocycles. The molecular weight excluding hydrogens is 252 g/mol. The van der Waals surface area contributed by atoms with Crippen molar-refractivity contribution in [3.8, 4) is 0 Å². The van der Waals surface area contributed by atoms with Gasteiger partial charge in [-0.05, 0) is 31.0 Å². The third-order valence-electron chi connectivity index (χ3n) is 2.69. The fraction of sp³-hybridized carbons (Fsp3) is 0.462. The minimum atomic E-state index is 0.631. The second-order valence-corrected chi connectivity index (χ2v) is 5.98. The highest BCUT2D eigenvalue weighted by atomic mass is 35.5. The summed E-state index contributed by atoms with van der Waals surface area (Å²) in [6.45, 7) is 5.19. The summed E-state index contributed by atoms with van der Waals surface area (Å²) < 4.78 is 0. The van der Waals surface area contributed by atoms with E-state index in [1.165, 1.54) is 18.4 Å². The van der Waals surface area contributed by atoms with Crippen molar-refractivity contribution in [2.75, 3.05) is 11.9 Å². The number of rotatable bonds is 3. The first-order chi connectivity index (χ1) is 8.19. The van der Waals surface area contributed by atoms with Crippen molar-refractivity contribution >= 4 is 34.2 Å². The molecule has 1 aromatic carbocycles. The predicted octanol–water partition coefficient (Wildman–Crippen LogP) is 4.33. The number of amidine groups is 1. The third kappa shape index (κ3) is 3.39. The number of benzene rings is 1. The lowest BCUT2D eigenvalue weighted by Gasteiger charge is -2.10. The van der Waals surface area contributed by atoms with E-state index in [0.717, 1.165) is 22.4 Å². The molecule has 0 radical (unpaired) electrons. The highest BCUT2D eigenvalue weighted by molar-refractivity contribution is 8.15. The molecular formula is C13H17ClN2S. The van der Waals surface area contributed by atoms with Crippen LogP contribution in [0.15, 0.2) is 23.2 Å². The van der Waals surface area contributed by atoms with Crippen LogP contribution in [0.25, 0.3) is 0 Å². The molecule has 1 aliphatic rings. The van der Waals surface area contributed by atoms with E-state index in [2.05, 4.69) is 30.2 Å². The Morgan fingerprint density at radius 3 is 3.12 bits per heavy atom. The van der Waals surface area contributed by atoms with E-state index in [-0.39, 0.29) is 0 Å². The molecule has 17 heavy (non-hydrogen) atoms. The highest BCUT2D eigenvalue weighted by Gasteiger charge is 2.19. The Bertz CT molecular complexity index is 431. The fourth-order valence-corrected chi connectivity index (χ4v) is 3.11. The molecule has 0 fully saturated rings. The van der Waals surface area contributed by atoms with Crippen LogP contribution in [0.2, 0.25) is 5.02 Å². The van der Waals surface area contributed by atoms with Crippen molar-refractivity contribution in [3.05, 3.63) is 28.8 Å². The Hall–Kier alpha value is -0.670. The molecule has 2 nitrogen and oxygen atoms in total. The zero-order valence-electron chi connectivity index (χ0n) is 10.2. The quantitative estimate of drug-likeness (QED) is 0.882. The maximum atomic E-state index is 6.15. The van der Waals surface area contributed by atoms with Crippen LogP contribution in [0.4, 0.5) is 5.69 Å². The van der Waals surface area contributed by atoms with Crippen LogP contribution in [0.1, 0.15) is 25.3 Å². The number of hydrogen-bond donors (Lipinski definition) is 1. The van der Waals surface area contributed by atoms with Gasteiger partial charge < -0.3 is 5.32 Å². The molecule has 1 aromatic rings. The summed E-state index contributed by atoms with van der Waals surface area (Å²) in [5.41, 5.74) is 2.15. The Balaban J connectivity index is 2.00. The maximum absolute atomic E-state index is 6.15. The van der Waals surface area contributed by atoms with Gasteiger partial charge in [0.2, 0.25) is 0 Å². The van der Waals surface area contributed by atoms with Crippen LogP contribution in [-0.2, 0) is 0 Å². The lowest BCUT2D eigenvalue weighted by Crippen LogP contribution is -2.07. The molecule has 1 N–H and O–H groups in total. The standard InChI is InChI=1S/C13H17ClN2S/c1-3-4-10-8-15-13(17-10)16-12-7-9(2)5-6-11(12)14/h5-7,10H,3-4,8H2,1-2H3,(H,15,16). The van der Waals surface area contributed by atoms with Crippen molar-refractivity contribution in [3.63, 3.8) is 0 Å². The molecule has 0 amide bonds. The van der Waals surface area contributed by atoms with E-state index in [0.29, 0.717) is 5.25 Å². The van der Waals surface area contributed by atoms with Gasteiger partial charge in [-0.2, -0.15) is 0 Å². The fourth-order valence-electron chi connectivity index (χ4n) is 1.81. The van der Waals surface area contributed by atoms with Crippen LogP contribution < -0.4 is 5.32 Å². The van der Waals surface area contributed by atoms with Crippen LogP contribution in [-0.4, -0.2) is 17.0 Å². The second-order valence-electron chi connectivity index (χ2n) is 4.28. The first-order valence-electron chi connectivity index (χ1n) is 5.93. The lowest BCUT2D eigenvalue weighted by atomic mass is 10.2. The Morgan fingerprint density at radius 1 is 1.53 bits per heavy atom. The Morgan fingerprint density at radius 2 is 2.35 bits per heavy atom. The predicted molar refractivity (Wildman–Crippen MR) is 78.4 cm³/mol. The molecule has 0 aliphatic carbocycles. The van der Waals surface area contributed by atoms with Crippen molar-refractivity contribution in [2.45, 2.75) is 31.9 Å². The van der Waals surface area contributed by atoms with Crippen molar-refractivity contribution in [2.24, 2.45) is 4.99 Å². The molecule has 4 heteroatoms. The number of halogens is 1. The summed E-state index contributed by atoms with van der Waals surface area (Å²) in [7, 11) is 0. The minimum Gasteiger partial charge on any atom is -0.334 e. The second kappa shape index (κ2) is 5.78. The summed E-state index contributed by atoms with van der Waals surface area (Å²) in [5.74, 6) is 0. The summed E-state index contributed by atoms with van der Waals surface area (Å²) >= 11 is 7.97. The van der Waals surface area contributed by atoms with Gasteiger partial charge in [0.1, 0.15) is 0 Å². The number of thioether (sulfide) groups is 1. The Labute approximate surface area is 112 Å². The zero-order chi connectivity index (χ0) is 12.3. The molecule has 2 rings (SSSR count). The number of nitrogens with one attached hydrogen (secondary N) is 1. The molecule has 1 atom stereocenters. The first kappa shape index (κ1) is 12.8. The number of nitrogens with zero attached hydrogens (tertiary/aromatic N) is 1. The largest absolute Gasteiger partial charge is 0.334 e. The molecule has 1 unspecified atom stereocenters. The van der Waals surface area contributed by atoms with E-state index in [9.17, 15) is 0 Å². The van der Waals surface area contributed by atoms with Crippen LogP contribution >= 0.6 is 23.4 Å². The Kier molecular flexibility index (Phi) is 4.35. The first-order valence-corrected chi connectivity index (χ1v) is 7.19. The molecule has 0 spiro atoms. The highest BCUT2D eigenvalue weighted by Crippen LogP contribution is 2.29. The van der Waals surface area contributed by atoms with E-state index >= 15 is 0 Å². The van der Waals surface area contributed by atoms with Crippen LogP contribution in [0, 0.1) is 6.92 Å². The van der Waals surface area contributed by atoms with Crippen molar-refractivity contribution in [1.29, 1.82) is 0 Å². The summed E-state index contributed by atoms with van der Waals surface area (Å²) in [4.78, 5) is 4.51. The van der Waals surface area contributed by atoms with Crippen LogP contribution in [0.5, 0.6) is 0 Å². The zero-order valence-corrected chi connectivity index (χ0v) is 11.7. The number of aryl methyl sites for hydroxylation is 1. The van der Waals surface area contributed by atoms with Gasteiger partial charge in [0.25, 0.3) is 0 Å². The monoisotopic (exact) mass is 268 g/mol. The topological polar surface area (TPSA) is 24.4 Å². The van der Waals surface area contributed by atoms with Gasteiger partial charge in [0, 0.05) is 5.25 Å². The van der Waals surface area contributed by atoms with Crippen LogP contribution in [0.3, 0.4) is 0 Å². The number of anilines is 1. The molecule has 1 aliphatic heterocycles. The summed E-state index contributed by atoms with van der Waals surface area (Å²) in [6, 6.07) is 5.98. The molecule has 92 valence electrons. The number of aliphatic imine (C=N–C) groups is 1. The van der Waals surface area contributed by atoms with Gasteiger partial charge in [0.15, 0.2) is 5.17 Å². The normalized spacial score (nSPS) is 19.2. The average molecular weight is 269 g/mol. The molecule has 0 aromatic heterocycles. The van der Waals surface area contributed by atoms with Crippen molar-refractivity contribution in [1.82, 2.24) is 0 Å². The van der Waals surface area contributed by atoms with Gasteiger partial charge >= 0.3 is 0 Å². The van der Waals surface area contributed by atoms with E-state index < -0.39 is 0 Å². The van der Waals surface area contributed by atoms with Gasteiger partial charge in [0.05, 0.1) is 17.3 Å². The van der Waals surface area contributed by atoms with E-state index in [4.69, 9.17) is 11.6 Å². The van der Waals surface area contributed by atoms with E-state index in [1.54, 1.807) is 0 Å². The maximum Gasteiger partial charge on any atom is 0.161 e. The smallest absolute Gasteiger partial charge is 0.161 e. The minimum absolute atomic E-state index is 0.631. The summed E-state index contributed by atoms with van der Waals surface area (Å²) in [6.07, 6.45) is 2.44. The molecule has 0 saturated carbocycles. The van der Waals surface area contributed by atoms with Crippen molar-refractivity contribution < 1.29 is 0 Å². The summed E-state index contributed by atoms with van der Waals surface area (Å²) in [5, 5.41) is 5.69. The van der Waals surface area contributed by atoms with Gasteiger partial charge in [-0.3, -0.25) is 4.99 Å². The third-order valence-corrected chi connectivity index (χ3v) is 4.19. The van der Waals surface area contributed by atoms with Gasteiger partial charge in [-0.25, -0.2) is 0 Å². The lowest BCUT2D eigenvalue weighted by molar-refractivity contribution is 0.754. The van der Waals surface area contributed by atoms with E-state index in [1.807, 2.05) is 23.9 Å². The van der Waals surface area contributed by atoms with Gasteiger partial charge in [-0.15, -0.1) is 0 Å². The molecule has 1 heterocycles.